The van der Waals surface area contributed by atoms with Crippen LogP contribution in [0, 0.1) is 17.8 Å². The van der Waals surface area contributed by atoms with Crippen molar-refractivity contribution in [3.8, 4) is 0 Å². The molecule has 2 saturated carbocycles. The Morgan fingerprint density at radius 1 is 1.32 bits per heavy atom. The molecule has 0 spiro atoms. The normalized spacial score (nSPS) is 28.0. The maximum Gasteiger partial charge on any atom is 0.511 e. The van der Waals surface area contributed by atoms with E-state index in [2.05, 4.69) is 11.8 Å². The Bertz CT molecular complexity index is 531. The number of nitrogens with zero attached hydrogens (tertiary/aromatic N) is 1. The molecule has 0 amide bonds. The van der Waals surface area contributed by atoms with Crippen LogP contribution in [0.15, 0.2) is 22.9 Å². The number of allylic oxidation sites excluding steroid dienone is 1. The summed E-state index contributed by atoms with van der Waals surface area (Å²) in [6.07, 6.45) is 13.2. The summed E-state index contributed by atoms with van der Waals surface area (Å²) < 4.78 is 5.09. The molecule has 3 rings (SSSR count). The Morgan fingerprint density at radius 3 is 2.88 bits per heavy atom. The Hall–Kier alpha value is -1.10. The van der Waals surface area contributed by atoms with Crippen molar-refractivity contribution in [3.63, 3.8) is 0 Å². The third-order valence-electron chi connectivity index (χ3n) is 5.87. The second-order valence-corrected chi connectivity index (χ2v) is 8.77. The second-order valence-electron chi connectivity index (χ2n) is 7.69. The lowest BCUT2D eigenvalue weighted by Gasteiger charge is -2.34. The minimum absolute atomic E-state index is 0.516. The molecular weight excluding hydrogens is 334 g/mol. The summed E-state index contributed by atoms with van der Waals surface area (Å²) >= 11 is 1.78. The van der Waals surface area contributed by atoms with Gasteiger partial charge in [0.2, 0.25) is 0 Å². The van der Waals surface area contributed by atoms with Gasteiger partial charge in [-0.05, 0) is 55.3 Å². The fourth-order valence-electron chi connectivity index (χ4n) is 4.67. The molecule has 4 nitrogen and oxygen atoms in total. The molecule has 0 aromatic rings. The third-order valence-corrected chi connectivity index (χ3v) is 7.09. The lowest BCUT2D eigenvalue weighted by atomic mass is 9.88. The third kappa shape index (κ3) is 4.96. The number of rotatable bonds is 9. The lowest BCUT2D eigenvalue weighted by Crippen LogP contribution is -2.33. The molecule has 0 aromatic carbocycles. The Labute approximate surface area is 155 Å². The monoisotopic (exact) mass is 365 g/mol. The van der Waals surface area contributed by atoms with Crippen LogP contribution in [0.2, 0.25) is 0 Å². The number of hydrogen-bond acceptors (Lipinski definition) is 4. The highest BCUT2D eigenvalue weighted by Crippen LogP contribution is 2.49. The molecule has 2 fully saturated rings. The van der Waals surface area contributed by atoms with Crippen molar-refractivity contribution in [1.82, 2.24) is 4.90 Å². The van der Waals surface area contributed by atoms with E-state index in [1.54, 1.807) is 11.8 Å². The zero-order valence-corrected chi connectivity index (χ0v) is 16.1. The summed E-state index contributed by atoms with van der Waals surface area (Å²) in [6, 6.07) is 0. The van der Waals surface area contributed by atoms with Gasteiger partial charge in [-0.1, -0.05) is 38.7 Å². The van der Waals surface area contributed by atoms with Crippen LogP contribution < -0.4 is 0 Å². The predicted molar refractivity (Wildman–Crippen MR) is 102 cm³/mol. The minimum Gasteiger partial charge on any atom is -0.449 e. The molecule has 3 aliphatic rings. The van der Waals surface area contributed by atoms with E-state index < -0.39 is 6.16 Å². The highest BCUT2D eigenvalue weighted by atomic mass is 32.2. The number of unbranched alkanes of at least 4 members (excludes halogenated alkanes) is 3. The first kappa shape index (κ1) is 18.7. The molecule has 2 bridgehead atoms. The predicted octanol–water partition coefficient (Wildman–Crippen LogP) is 5.47. The molecule has 0 aromatic heterocycles. The van der Waals surface area contributed by atoms with Crippen molar-refractivity contribution >= 4 is 17.9 Å². The van der Waals surface area contributed by atoms with E-state index in [1.165, 1.54) is 51.4 Å². The fraction of sp³-hybridized carbons (Fsp3) is 0.750. The average Bonchev–Trinajstić information content (AvgIpc) is 3.19. The van der Waals surface area contributed by atoms with Crippen LogP contribution in [0.4, 0.5) is 4.79 Å². The second kappa shape index (κ2) is 9.02. The minimum atomic E-state index is -1.22. The van der Waals surface area contributed by atoms with Gasteiger partial charge in [0.05, 0.1) is 0 Å². The summed E-state index contributed by atoms with van der Waals surface area (Å²) in [7, 11) is 0. The smallest absolute Gasteiger partial charge is 0.449 e. The van der Waals surface area contributed by atoms with Crippen LogP contribution in [0.5, 0.6) is 0 Å². The van der Waals surface area contributed by atoms with Crippen LogP contribution in [0.1, 0.15) is 58.3 Å². The number of hydrogen-bond donors (Lipinski definition) is 1. The standard InChI is InChI=1S/C20H31NO3S/c1-2-3-4-5-11-25-19-18(24-20(22)23)7-6-10-21(19)14-17-13-15-8-9-16(17)12-15/h6-7,15-17H,2-5,8-14H2,1H3,(H,22,23). The summed E-state index contributed by atoms with van der Waals surface area (Å²) in [5.41, 5.74) is 0. The summed E-state index contributed by atoms with van der Waals surface area (Å²) in [4.78, 5) is 13.4. The molecule has 0 saturated heterocycles. The summed E-state index contributed by atoms with van der Waals surface area (Å²) in [5.74, 6) is 4.15. The maximum atomic E-state index is 11.1. The molecule has 140 valence electrons. The molecule has 2 aliphatic carbocycles. The first-order valence-electron chi connectivity index (χ1n) is 9.86. The van der Waals surface area contributed by atoms with Gasteiger partial charge in [0, 0.05) is 13.1 Å². The van der Waals surface area contributed by atoms with E-state index in [1.807, 2.05) is 12.2 Å². The van der Waals surface area contributed by atoms with Crippen LogP contribution in [0.25, 0.3) is 0 Å². The lowest BCUT2D eigenvalue weighted by molar-refractivity contribution is 0.118. The quantitative estimate of drug-likeness (QED) is 0.433. The number of fused-ring (bicyclic) bond motifs is 2. The number of thioether (sulfide) groups is 1. The van der Waals surface area contributed by atoms with Crippen molar-refractivity contribution in [2.24, 2.45) is 17.8 Å². The van der Waals surface area contributed by atoms with Crippen molar-refractivity contribution in [1.29, 1.82) is 0 Å². The van der Waals surface area contributed by atoms with Crippen LogP contribution in [-0.4, -0.2) is 35.0 Å². The zero-order valence-electron chi connectivity index (χ0n) is 15.3. The first-order chi connectivity index (χ1) is 12.2. The number of carboxylic acid groups (broad SMARTS) is 1. The molecular formula is C20H31NO3S. The molecule has 1 aliphatic heterocycles. The molecule has 3 atom stereocenters. The maximum absolute atomic E-state index is 11.1. The molecule has 1 N–H and O–H groups in total. The van der Waals surface area contributed by atoms with Gasteiger partial charge in [0.15, 0.2) is 5.76 Å². The van der Waals surface area contributed by atoms with Crippen molar-refractivity contribution < 1.29 is 14.6 Å². The van der Waals surface area contributed by atoms with Crippen LogP contribution >= 0.6 is 11.8 Å². The van der Waals surface area contributed by atoms with Gasteiger partial charge >= 0.3 is 6.16 Å². The summed E-state index contributed by atoms with van der Waals surface area (Å²) in [5, 5.41) is 10.1. The molecule has 25 heavy (non-hydrogen) atoms. The SMILES string of the molecule is CCCCCCSC1=C(OC(=O)O)C=CCN1CC1CC2CCC1C2. The fourth-order valence-corrected chi connectivity index (χ4v) is 5.79. The Morgan fingerprint density at radius 2 is 2.20 bits per heavy atom. The number of carbonyl (C=O) groups is 1. The van der Waals surface area contributed by atoms with Gasteiger partial charge < -0.3 is 14.7 Å². The molecule has 3 unspecified atom stereocenters. The topological polar surface area (TPSA) is 49.8 Å². The van der Waals surface area contributed by atoms with E-state index in [4.69, 9.17) is 9.84 Å². The van der Waals surface area contributed by atoms with Crippen molar-refractivity contribution in [2.75, 3.05) is 18.8 Å². The Balaban J connectivity index is 1.63. The highest BCUT2D eigenvalue weighted by Gasteiger charge is 2.40. The first-order valence-corrected chi connectivity index (χ1v) is 10.8. The van der Waals surface area contributed by atoms with Gasteiger partial charge in [-0.2, -0.15) is 0 Å². The largest absolute Gasteiger partial charge is 0.511 e. The van der Waals surface area contributed by atoms with E-state index in [-0.39, 0.29) is 0 Å². The van der Waals surface area contributed by atoms with Gasteiger partial charge in [-0.15, -0.1) is 11.8 Å². The average molecular weight is 366 g/mol. The van der Waals surface area contributed by atoms with Crippen LogP contribution in [-0.2, 0) is 4.74 Å². The van der Waals surface area contributed by atoms with Crippen molar-refractivity contribution in [2.45, 2.75) is 58.3 Å². The van der Waals surface area contributed by atoms with Gasteiger partial charge in [0.1, 0.15) is 5.03 Å². The van der Waals surface area contributed by atoms with Gasteiger partial charge in [0.25, 0.3) is 0 Å². The zero-order chi connectivity index (χ0) is 17.6. The summed E-state index contributed by atoms with van der Waals surface area (Å²) in [6.45, 7) is 4.14. The van der Waals surface area contributed by atoms with E-state index in [0.717, 1.165) is 41.6 Å². The van der Waals surface area contributed by atoms with Crippen molar-refractivity contribution in [3.05, 3.63) is 22.9 Å². The molecule has 0 radical (unpaired) electrons. The van der Waals surface area contributed by atoms with E-state index in [9.17, 15) is 4.79 Å². The Kier molecular flexibility index (Phi) is 6.74. The van der Waals surface area contributed by atoms with E-state index >= 15 is 0 Å². The van der Waals surface area contributed by atoms with Gasteiger partial charge in [-0.3, -0.25) is 0 Å². The van der Waals surface area contributed by atoms with Crippen LogP contribution in [0.3, 0.4) is 0 Å². The molecule has 5 heteroatoms. The van der Waals surface area contributed by atoms with E-state index in [0.29, 0.717) is 5.76 Å². The number of ether oxygens (including phenoxy) is 1. The van der Waals surface area contributed by atoms with Gasteiger partial charge in [-0.25, -0.2) is 4.79 Å². The highest BCUT2D eigenvalue weighted by molar-refractivity contribution is 8.03. The molecule has 1 heterocycles.